The molecule has 0 radical (unpaired) electrons. The second kappa shape index (κ2) is 5.69. The van der Waals surface area contributed by atoms with Crippen LogP contribution in [0.2, 0.25) is 0 Å². The van der Waals surface area contributed by atoms with Gasteiger partial charge >= 0.3 is 0 Å². The van der Waals surface area contributed by atoms with Gasteiger partial charge < -0.3 is 5.73 Å². The number of sulfonamides is 1. The van der Waals surface area contributed by atoms with Crippen LogP contribution < -0.4 is 10.5 Å². The van der Waals surface area contributed by atoms with E-state index in [0.29, 0.717) is 11.8 Å². The summed E-state index contributed by atoms with van der Waals surface area (Å²) in [6.45, 7) is 4.31. The molecular formula is C14H21FN2O2S. The average molecular weight is 300 g/mol. The molecule has 1 aromatic carbocycles. The van der Waals surface area contributed by atoms with Gasteiger partial charge in [-0.15, -0.1) is 0 Å². The Morgan fingerprint density at radius 2 is 1.95 bits per heavy atom. The van der Waals surface area contributed by atoms with Crippen LogP contribution in [0.25, 0.3) is 0 Å². The van der Waals surface area contributed by atoms with E-state index in [1.54, 1.807) is 0 Å². The minimum absolute atomic E-state index is 0.103. The van der Waals surface area contributed by atoms with Crippen LogP contribution in [0.5, 0.6) is 0 Å². The zero-order valence-corrected chi connectivity index (χ0v) is 12.6. The lowest BCUT2D eigenvalue weighted by atomic mass is 9.79. The van der Waals surface area contributed by atoms with Gasteiger partial charge in [0.15, 0.2) is 0 Å². The lowest BCUT2D eigenvalue weighted by Crippen LogP contribution is -2.40. The molecule has 3 unspecified atom stereocenters. The summed E-state index contributed by atoms with van der Waals surface area (Å²) in [5.74, 6) is 0.370. The fourth-order valence-electron chi connectivity index (χ4n) is 2.69. The highest BCUT2D eigenvalue weighted by Crippen LogP contribution is 2.30. The van der Waals surface area contributed by atoms with E-state index in [0.717, 1.165) is 25.3 Å². The fraction of sp³-hybridized carbons (Fsp3) is 0.571. The molecule has 0 heterocycles. The zero-order valence-electron chi connectivity index (χ0n) is 11.8. The Hall–Kier alpha value is -1.14. The van der Waals surface area contributed by atoms with Gasteiger partial charge in [0, 0.05) is 6.04 Å². The first-order chi connectivity index (χ1) is 9.31. The molecule has 1 fully saturated rings. The van der Waals surface area contributed by atoms with E-state index in [9.17, 15) is 12.8 Å². The van der Waals surface area contributed by atoms with Crippen LogP contribution in [-0.4, -0.2) is 14.5 Å². The summed E-state index contributed by atoms with van der Waals surface area (Å²) >= 11 is 0. The predicted octanol–water partition coefficient (Wildman–Crippen LogP) is 2.51. The molecule has 2 rings (SSSR count). The van der Waals surface area contributed by atoms with Crippen molar-refractivity contribution in [3.8, 4) is 0 Å². The number of halogens is 1. The third kappa shape index (κ3) is 3.12. The van der Waals surface area contributed by atoms with Crippen molar-refractivity contribution in [2.24, 2.45) is 11.8 Å². The summed E-state index contributed by atoms with van der Waals surface area (Å²) in [4.78, 5) is -0.177. The quantitative estimate of drug-likeness (QED) is 0.843. The standard InChI is InChI=1S/C14H21FN2O2S/c1-9-6-7-11(8-10(9)2)17-20(18,19)13-5-3-4-12(15)14(13)16/h3-5,9-11,17H,6-8,16H2,1-2H3. The van der Waals surface area contributed by atoms with Crippen molar-refractivity contribution in [1.82, 2.24) is 4.72 Å². The number of benzene rings is 1. The van der Waals surface area contributed by atoms with Gasteiger partial charge in [-0.25, -0.2) is 17.5 Å². The Bertz CT molecular complexity index is 589. The van der Waals surface area contributed by atoms with Crippen molar-refractivity contribution < 1.29 is 12.8 Å². The topological polar surface area (TPSA) is 72.2 Å². The van der Waals surface area contributed by atoms with Crippen molar-refractivity contribution in [1.29, 1.82) is 0 Å². The van der Waals surface area contributed by atoms with E-state index in [2.05, 4.69) is 18.6 Å². The van der Waals surface area contributed by atoms with E-state index in [4.69, 9.17) is 5.73 Å². The Morgan fingerprint density at radius 3 is 2.60 bits per heavy atom. The molecule has 1 aromatic rings. The molecule has 0 amide bonds. The van der Waals surface area contributed by atoms with Crippen LogP contribution >= 0.6 is 0 Å². The number of nitrogens with one attached hydrogen (secondary N) is 1. The van der Waals surface area contributed by atoms with Crippen LogP contribution in [0.1, 0.15) is 33.1 Å². The lowest BCUT2D eigenvalue weighted by Gasteiger charge is -2.32. The number of hydrogen-bond donors (Lipinski definition) is 2. The van der Waals surface area contributed by atoms with Crippen LogP contribution in [0.15, 0.2) is 23.1 Å². The van der Waals surface area contributed by atoms with Gasteiger partial charge in [0.25, 0.3) is 0 Å². The van der Waals surface area contributed by atoms with Crippen molar-refractivity contribution in [2.75, 3.05) is 5.73 Å². The molecule has 1 aliphatic carbocycles. The van der Waals surface area contributed by atoms with Gasteiger partial charge in [-0.2, -0.15) is 0 Å². The highest BCUT2D eigenvalue weighted by atomic mass is 32.2. The third-order valence-corrected chi connectivity index (χ3v) is 5.80. The number of nitrogen functional groups attached to an aromatic ring is 1. The fourth-order valence-corrected chi connectivity index (χ4v) is 4.11. The molecule has 0 spiro atoms. The van der Waals surface area contributed by atoms with Crippen molar-refractivity contribution in [3.63, 3.8) is 0 Å². The van der Waals surface area contributed by atoms with Gasteiger partial charge in [0.05, 0.1) is 5.69 Å². The molecule has 0 saturated heterocycles. The zero-order chi connectivity index (χ0) is 14.9. The molecule has 112 valence electrons. The van der Waals surface area contributed by atoms with Crippen LogP contribution in [0, 0.1) is 17.7 Å². The maximum atomic E-state index is 13.4. The summed E-state index contributed by atoms with van der Waals surface area (Å²) in [7, 11) is -3.77. The largest absolute Gasteiger partial charge is 0.395 e. The summed E-state index contributed by atoms with van der Waals surface area (Å²) in [6.07, 6.45) is 2.60. The number of rotatable bonds is 3. The van der Waals surface area contributed by atoms with E-state index >= 15 is 0 Å². The minimum Gasteiger partial charge on any atom is -0.395 e. The summed E-state index contributed by atoms with van der Waals surface area (Å²) in [6, 6.07) is 3.73. The van der Waals surface area contributed by atoms with Crippen LogP contribution in [0.3, 0.4) is 0 Å². The number of anilines is 1. The first-order valence-corrected chi connectivity index (χ1v) is 8.36. The monoisotopic (exact) mass is 300 g/mol. The van der Waals surface area contributed by atoms with Gasteiger partial charge in [-0.1, -0.05) is 19.9 Å². The third-order valence-electron chi connectivity index (χ3n) is 4.22. The molecule has 4 nitrogen and oxygen atoms in total. The van der Waals surface area contributed by atoms with E-state index in [1.807, 2.05) is 0 Å². The van der Waals surface area contributed by atoms with Gasteiger partial charge in [0.2, 0.25) is 10.0 Å². The summed E-state index contributed by atoms with van der Waals surface area (Å²) in [5, 5.41) is 0. The molecule has 6 heteroatoms. The van der Waals surface area contributed by atoms with Gasteiger partial charge in [0.1, 0.15) is 10.7 Å². The SMILES string of the molecule is CC1CCC(NS(=O)(=O)c2cccc(F)c2N)CC1C. The first kappa shape index (κ1) is 15.3. The minimum atomic E-state index is -3.77. The van der Waals surface area contributed by atoms with Gasteiger partial charge in [-0.05, 0) is 43.2 Å². The molecule has 3 N–H and O–H groups in total. The highest BCUT2D eigenvalue weighted by molar-refractivity contribution is 7.89. The van der Waals surface area contributed by atoms with Gasteiger partial charge in [-0.3, -0.25) is 0 Å². The van der Waals surface area contributed by atoms with E-state index in [-0.39, 0.29) is 16.6 Å². The number of nitrogens with two attached hydrogens (primary N) is 1. The summed E-state index contributed by atoms with van der Waals surface area (Å²) < 4.78 is 40.6. The Kier molecular flexibility index (Phi) is 4.34. The molecule has 1 saturated carbocycles. The second-order valence-electron chi connectivity index (χ2n) is 5.74. The maximum Gasteiger partial charge on any atom is 0.242 e. The molecular weight excluding hydrogens is 279 g/mol. The molecule has 0 bridgehead atoms. The Labute approximate surface area is 119 Å². The smallest absolute Gasteiger partial charge is 0.242 e. The normalized spacial score (nSPS) is 27.4. The van der Waals surface area contributed by atoms with Crippen molar-refractivity contribution >= 4 is 15.7 Å². The van der Waals surface area contributed by atoms with Crippen LogP contribution in [-0.2, 0) is 10.0 Å². The maximum absolute atomic E-state index is 13.4. The number of para-hydroxylation sites is 1. The molecule has 0 aliphatic heterocycles. The lowest BCUT2D eigenvalue weighted by molar-refractivity contribution is 0.242. The van der Waals surface area contributed by atoms with E-state index < -0.39 is 15.8 Å². The van der Waals surface area contributed by atoms with Crippen molar-refractivity contribution in [2.45, 2.75) is 44.0 Å². The average Bonchev–Trinajstić information content (AvgIpc) is 2.36. The Balaban J connectivity index is 2.18. The predicted molar refractivity (Wildman–Crippen MR) is 77.1 cm³/mol. The molecule has 1 aliphatic rings. The second-order valence-corrected chi connectivity index (χ2v) is 7.42. The number of hydrogen-bond acceptors (Lipinski definition) is 3. The molecule has 20 heavy (non-hydrogen) atoms. The molecule has 3 atom stereocenters. The van der Waals surface area contributed by atoms with Crippen LogP contribution in [0.4, 0.5) is 10.1 Å². The first-order valence-electron chi connectivity index (χ1n) is 6.87. The molecule has 0 aromatic heterocycles. The van der Waals surface area contributed by atoms with Crippen molar-refractivity contribution in [3.05, 3.63) is 24.0 Å². The Morgan fingerprint density at radius 1 is 1.25 bits per heavy atom. The highest BCUT2D eigenvalue weighted by Gasteiger charge is 2.29. The van der Waals surface area contributed by atoms with E-state index in [1.165, 1.54) is 12.1 Å². The summed E-state index contributed by atoms with van der Waals surface area (Å²) in [5.41, 5.74) is 5.21.